The average molecular weight is 723 g/mol. The van der Waals surface area contributed by atoms with Gasteiger partial charge >= 0.3 is 5.97 Å². The topological polar surface area (TPSA) is 80.7 Å². The number of carbonyl (C=O) groups excluding carboxylic acids is 1. The number of nitrogens with zero attached hydrogens (tertiary/aromatic N) is 2. The summed E-state index contributed by atoms with van der Waals surface area (Å²) in [6.45, 7) is 14.0. The van der Waals surface area contributed by atoms with E-state index in [2.05, 4.69) is 48.0 Å². The number of esters is 1. The molecule has 1 aliphatic rings. The molecule has 8 nitrogen and oxygen atoms in total. The molecule has 0 unspecified atom stereocenters. The number of likely N-dealkylation sites (tertiary alicyclic amines) is 1. The van der Waals surface area contributed by atoms with Crippen LogP contribution in [-0.2, 0) is 23.7 Å². The number of aliphatic hydroxyl groups is 1. The van der Waals surface area contributed by atoms with Crippen molar-refractivity contribution in [3.05, 3.63) is 24.3 Å². The summed E-state index contributed by atoms with van der Waals surface area (Å²) in [4.78, 5) is 17.7. The zero-order chi connectivity index (χ0) is 36.9. The van der Waals surface area contributed by atoms with Gasteiger partial charge in [-0.1, -0.05) is 76.7 Å². The van der Waals surface area contributed by atoms with E-state index in [0.29, 0.717) is 32.7 Å². The van der Waals surface area contributed by atoms with Gasteiger partial charge in [-0.25, -0.2) is 0 Å². The van der Waals surface area contributed by atoms with Crippen molar-refractivity contribution in [2.75, 3.05) is 79.4 Å². The largest absolute Gasteiger partial charge is 0.466 e. The summed E-state index contributed by atoms with van der Waals surface area (Å²) >= 11 is 0. The fourth-order valence-corrected chi connectivity index (χ4v) is 6.71. The number of rotatable bonds is 37. The highest BCUT2D eigenvalue weighted by Gasteiger charge is 2.21. The van der Waals surface area contributed by atoms with E-state index in [1.54, 1.807) is 7.11 Å². The highest BCUT2D eigenvalue weighted by Crippen LogP contribution is 2.20. The van der Waals surface area contributed by atoms with Crippen LogP contribution in [0.4, 0.5) is 0 Å². The van der Waals surface area contributed by atoms with Crippen LogP contribution in [0.2, 0.25) is 0 Å². The minimum atomic E-state index is -0.338. The fourth-order valence-electron chi connectivity index (χ4n) is 6.71. The van der Waals surface area contributed by atoms with Gasteiger partial charge in [-0.05, 0) is 122 Å². The Kier molecular flexibility index (Phi) is 34.7. The van der Waals surface area contributed by atoms with Crippen molar-refractivity contribution in [3.63, 3.8) is 0 Å². The summed E-state index contributed by atoms with van der Waals surface area (Å²) < 4.78 is 22.9. The zero-order valence-corrected chi connectivity index (χ0v) is 33.7. The standard InChI is InChI=1S/C43H82N2O6/c1-4-6-8-10-17-24-38-50-43(51-39-25-18-11-9-7-5-2)27-26-42(47)49-37-23-19-13-15-21-31-45(30-20-14-12-16-22-36-48-3)40-41-28-32-44(33-29-41)34-35-46/h6-9,41,43,46H,4-5,10-40H2,1-3H3/b8-6-,9-7-. The number of hydrogen-bond acceptors (Lipinski definition) is 8. The maximum Gasteiger partial charge on any atom is 0.305 e. The van der Waals surface area contributed by atoms with E-state index >= 15 is 0 Å². The second kappa shape index (κ2) is 37.0. The van der Waals surface area contributed by atoms with Crippen LogP contribution in [0.1, 0.15) is 155 Å². The van der Waals surface area contributed by atoms with Gasteiger partial charge in [0.05, 0.1) is 19.6 Å². The van der Waals surface area contributed by atoms with Gasteiger partial charge in [-0.3, -0.25) is 4.79 Å². The van der Waals surface area contributed by atoms with Crippen LogP contribution >= 0.6 is 0 Å². The van der Waals surface area contributed by atoms with E-state index in [9.17, 15) is 9.90 Å². The molecule has 8 heteroatoms. The second-order valence-corrected chi connectivity index (χ2v) is 14.5. The van der Waals surface area contributed by atoms with E-state index in [0.717, 1.165) is 96.4 Å². The Labute approximate surface area is 315 Å². The maximum absolute atomic E-state index is 12.5. The van der Waals surface area contributed by atoms with Crippen LogP contribution in [0.5, 0.6) is 0 Å². The minimum absolute atomic E-state index is 0.141. The van der Waals surface area contributed by atoms with Crippen molar-refractivity contribution >= 4 is 5.97 Å². The molecule has 0 radical (unpaired) electrons. The van der Waals surface area contributed by atoms with Crippen molar-refractivity contribution < 1.29 is 28.8 Å². The molecule has 1 fully saturated rings. The Morgan fingerprint density at radius 3 is 1.80 bits per heavy atom. The summed E-state index contributed by atoms with van der Waals surface area (Å²) in [5.41, 5.74) is 0. The lowest BCUT2D eigenvalue weighted by Crippen LogP contribution is -2.40. The monoisotopic (exact) mass is 723 g/mol. The Morgan fingerprint density at radius 1 is 0.725 bits per heavy atom. The Hall–Kier alpha value is -1.29. The number of unbranched alkanes of at least 4 members (excludes halogenated alkanes) is 12. The third kappa shape index (κ3) is 30.8. The van der Waals surface area contributed by atoms with Crippen LogP contribution in [0.25, 0.3) is 0 Å². The Morgan fingerprint density at radius 2 is 1.25 bits per heavy atom. The van der Waals surface area contributed by atoms with E-state index in [-0.39, 0.29) is 18.9 Å². The number of methoxy groups -OCH3 is 1. The zero-order valence-electron chi connectivity index (χ0n) is 33.7. The van der Waals surface area contributed by atoms with Gasteiger partial charge in [-0.15, -0.1) is 0 Å². The number of allylic oxidation sites excluding steroid dienone is 4. The van der Waals surface area contributed by atoms with Gasteiger partial charge in [0.1, 0.15) is 0 Å². The number of β-amino-alcohol motifs (C(OH)–C–C–N with tert-alkyl or cyclic N) is 1. The summed E-state index contributed by atoms with van der Waals surface area (Å²) in [7, 11) is 1.79. The van der Waals surface area contributed by atoms with Crippen LogP contribution in [-0.4, -0.2) is 107 Å². The molecule has 300 valence electrons. The second-order valence-electron chi connectivity index (χ2n) is 14.5. The molecule has 0 aliphatic carbocycles. The highest BCUT2D eigenvalue weighted by atomic mass is 16.7. The molecular weight excluding hydrogens is 640 g/mol. The molecule has 0 atom stereocenters. The van der Waals surface area contributed by atoms with Crippen LogP contribution in [0, 0.1) is 5.92 Å². The Balaban J connectivity index is 2.28. The number of ether oxygens (including phenoxy) is 4. The first-order valence-corrected chi connectivity index (χ1v) is 21.4. The smallest absolute Gasteiger partial charge is 0.305 e. The molecule has 0 amide bonds. The van der Waals surface area contributed by atoms with Crippen molar-refractivity contribution in [2.45, 2.75) is 161 Å². The van der Waals surface area contributed by atoms with Crippen molar-refractivity contribution in [1.29, 1.82) is 0 Å². The first-order valence-electron chi connectivity index (χ1n) is 21.4. The molecule has 51 heavy (non-hydrogen) atoms. The van der Waals surface area contributed by atoms with Gasteiger partial charge in [0.2, 0.25) is 0 Å². The SMILES string of the molecule is CC/C=C\CCCCOC(CCC(=O)OCCCCCCCN(CCCCCCCOC)CC1CCN(CCO)CC1)OCCCC/C=C\CC. The number of carbonyl (C=O) groups is 1. The normalized spacial score (nSPS) is 14.6. The number of hydrogen-bond donors (Lipinski definition) is 1. The summed E-state index contributed by atoms with van der Waals surface area (Å²) in [6.07, 6.45) is 32.6. The molecule has 0 aromatic carbocycles. The fraction of sp³-hybridized carbons (Fsp3) is 0.884. The molecule has 1 saturated heterocycles. The summed E-state index contributed by atoms with van der Waals surface area (Å²) in [5, 5.41) is 9.29. The Bertz CT molecular complexity index is 777. The molecule has 0 aromatic heterocycles. The molecular formula is C43H82N2O6. The minimum Gasteiger partial charge on any atom is -0.466 e. The van der Waals surface area contributed by atoms with Crippen LogP contribution in [0.15, 0.2) is 24.3 Å². The first kappa shape index (κ1) is 47.7. The lowest BCUT2D eigenvalue weighted by molar-refractivity contribution is -0.159. The third-order valence-corrected chi connectivity index (χ3v) is 9.87. The van der Waals surface area contributed by atoms with E-state index < -0.39 is 0 Å². The summed E-state index contributed by atoms with van der Waals surface area (Å²) in [6, 6.07) is 0. The van der Waals surface area contributed by atoms with Crippen molar-refractivity contribution in [3.8, 4) is 0 Å². The predicted molar refractivity (Wildman–Crippen MR) is 213 cm³/mol. The van der Waals surface area contributed by atoms with Gasteiger partial charge in [0, 0.05) is 46.4 Å². The molecule has 1 heterocycles. The molecule has 0 spiro atoms. The average Bonchev–Trinajstić information content (AvgIpc) is 3.14. The molecule has 1 rings (SSSR count). The van der Waals surface area contributed by atoms with E-state index in [4.69, 9.17) is 18.9 Å². The first-order chi connectivity index (χ1) is 25.1. The molecule has 1 aliphatic heterocycles. The van der Waals surface area contributed by atoms with Gasteiger partial charge < -0.3 is 33.9 Å². The number of aliphatic hydroxyl groups excluding tert-OH is 1. The molecule has 0 aromatic rings. The van der Waals surface area contributed by atoms with Gasteiger partial charge in [-0.2, -0.15) is 0 Å². The van der Waals surface area contributed by atoms with E-state index in [1.165, 1.54) is 83.8 Å². The third-order valence-electron chi connectivity index (χ3n) is 9.87. The lowest BCUT2D eigenvalue weighted by atomic mass is 9.96. The van der Waals surface area contributed by atoms with Gasteiger partial charge in [0.15, 0.2) is 6.29 Å². The maximum atomic E-state index is 12.5. The lowest BCUT2D eigenvalue weighted by Gasteiger charge is -2.34. The van der Waals surface area contributed by atoms with Crippen molar-refractivity contribution in [2.24, 2.45) is 5.92 Å². The van der Waals surface area contributed by atoms with Gasteiger partial charge in [0.25, 0.3) is 0 Å². The van der Waals surface area contributed by atoms with E-state index in [1.807, 2.05) is 0 Å². The van der Waals surface area contributed by atoms with Crippen molar-refractivity contribution in [1.82, 2.24) is 9.80 Å². The van der Waals surface area contributed by atoms with Crippen LogP contribution in [0.3, 0.4) is 0 Å². The molecule has 1 N–H and O–H groups in total. The molecule has 0 bridgehead atoms. The summed E-state index contributed by atoms with van der Waals surface area (Å²) in [5.74, 6) is 0.638. The van der Waals surface area contributed by atoms with Crippen LogP contribution < -0.4 is 0 Å². The quantitative estimate of drug-likeness (QED) is 0.0294. The molecule has 0 saturated carbocycles. The number of piperidine rings is 1. The highest BCUT2D eigenvalue weighted by molar-refractivity contribution is 5.69. The predicted octanol–water partition coefficient (Wildman–Crippen LogP) is 9.50.